The van der Waals surface area contributed by atoms with Gasteiger partial charge in [0.05, 0.1) is 24.2 Å². The molecule has 176 valence electrons. The molecule has 2 aromatic carbocycles. The minimum Gasteiger partial charge on any atom is -0.497 e. The number of hydrogen-bond donors (Lipinski definition) is 2. The predicted molar refractivity (Wildman–Crippen MR) is 132 cm³/mol. The third-order valence-electron chi connectivity index (χ3n) is 7.47. The second-order valence-electron chi connectivity index (χ2n) is 9.57. The number of pyridine rings is 1. The molecule has 7 heteroatoms. The van der Waals surface area contributed by atoms with E-state index in [0.29, 0.717) is 12.0 Å². The van der Waals surface area contributed by atoms with E-state index in [0.717, 1.165) is 71.8 Å². The van der Waals surface area contributed by atoms with Gasteiger partial charge in [-0.3, -0.25) is 4.79 Å². The number of carbonyl (C=O) groups excluding carboxylic acids is 1. The Morgan fingerprint density at radius 3 is 2.65 bits per heavy atom. The molecule has 4 atom stereocenters. The summed E-state index contributed by atoms with van der Waals surface area (Å²) in [4.78, 5) is 19.8. The highest BCUT2D eigenvalue weighted by atomic mass is 16.5. The van der Waals surface area contributed by atoms with Crippen molar-refractivity contribution in [3.8, 4) is 22.8 Å². The van der Waals surface area contributed by atoms with Crippen LogP contribution >= 0.6 is 0 Å². The number of amides is 1. The Morgan fingerprint density at radius 2 is 1.91 bits per heavy atom. The van der Waals surface area contributed by atoms with Crippen molar-refractivity contribution < 1.29 is 14.3 Å². The van der Waals surface area contributed by atoms with Gasteiger partial charge in [-0.2, -0.15) is 0 Å². The van der Waals surface area contributed by atoms with Crippen LogP contribution in [0.1, 0.15) is 12.8 Å². The first kappa shape index (κ1) is 21.2. The fourth-order valence-electron chi connectivity index (χ4n) is 5.38. The lowest BCUT2D eigenvalue weighted by Crippen LogP contribution is -2.41. The number of methoxy groups -OCH3 is 1. The molecule has 3 fully saturated rings. The standard InChI is InChI=1S/C27H30N4O3/c1-28-24-13-26(24)34-18-5-3-16(4-6-18)22-12-25(20-8-7-19(33-2)11-23(20)30-22)31-14-17-9-10-29-27(32)21(17)15-31/h3-8,11-12,17,21,24,26,28H,9-10,13-15H2,1-2H3,(H,29,32). The zero-order valence-electron chi connectivity index (χ0n) is 19.6. The minimum absolute atomic E-state index is 0.0546. The van der Waals surface area contributed by atoms with Crippen molar-refractivity contribution >= 4 is 22.5 Å². The Kier molecular flexibility index (Phi) is 5.29. The second kappa shape index (κ2) is 8.47. The van der Waals surface area contributed by atoms with Crippen molar-refractivity contribution in [1.82, 2.24) is 15.6 Å². The van der Waals surface area contributed by atoms with Crippen LogP contribution in [-0.2, 0) is 4.79 Å². The molecule has 1 saturated carbocycles. The Hall–Kier alpha value is -3.32. The molecule has 2 saturated heterocycles. The van der Waals surface area contributed by atoms with Crippen LogP contribution < -0.4 is 25.0 Å². The van der Waals surface area contributed by atoms with Gasteiger partial charge >= 0.3 is 0 Å². The third kappa shape index (κ3) is 3.84. The summed E-state index contributed by atoms with van der Waals surface area (Å²) in [7, 11) is 3.64. The van der Waals surface area contributed by atoms with E-state index in [-0.39, 0.29) is 17.9 Å². The fourth-order valence-corrected chi connectivity index (χ4v) is 5.38. The van der Waals surface area contributed by atoms with Crippen LogP contribution in [0.25, 0.3) is 22.2 Å². The summed E-state index contributed by atoms with van der Waals surface area (Å²) in [5, 5.41) is 7.37. The van der Waals surface area contributed by atoms with Gasteiger partial charge in [-0.15, -0.1) is 0 Å². The maximum atomic E-state index is 12.5. The highest BCUT2D eigenvalue weighted by Gasteiger charge is 2.40. The molecule has 34 heavy (non-hydrogen) atoms. The normalized spacial score (nSPS) is 25.7. The van der Waals surface area contributed by atoms with Gasteiger partial charge in [0.15, 0.2) is 0 Å². The number of carbonyl (C=O) groups is 1. The number of likely N-dealkylation sites (N-methyl/N-ethyl adjacent to an activating group) is 1. The Balaban J connectivity index is 1.35. The van der Waals surface area contributed by atoms with Crippen molar-refractivity contribution in [1.29, 1.82) is 0 Å². The quantitative estimate of drug-likeness (QED) is 0.591. The Bertz CT molecular complexity index is 1230. The number of benzene rings is 2. The van der Waals surface area contributed by atoms with Gasteiger partial charge in [-0.05, 0) is 61.9 Å². The molecule has 3 aromatic rings. The zero-order valence-corrected chi connectivity index (χ0v) is 19.6. The smallest absolute Gasteiger partial charge is 0.225 e. The lowest BCUT2D eigenvalue weighted by Gasteiger charge is -2.23. The highest BCUT2D eigenvalue weighted by molar-refractivity contribution is 5.95. The summed E-state index contributed by atoms with van der Waals surface area (Å²) in [6.45, 7) is 2.41. The van der Waals surface area contributed by atoms with Crippen molar-refractivity contribution in [3.05, 3.63) is 48.5 Å². The van der Waals surface area contributed by atoms with Gasteiger partial charge in [-0.25, -0.2) is 4.98 Å². The number of hydrogen-bond acceptors (Lipinski definition) is 6. The first-order valence-corrected chi connectivity index (χ1v) is 12.1. The van der Waals surface area contributed by atoms with Gasteiger partial charge in [0, 0.05) is 54.8 Å². The third-order valence-corrected chi connectivity index (χ3v) is 7.47. The number of nitrogens with one attached hydrogen (secondary N) is 2. The van der Waals surface area contributed by atoms with Crippen LogP contribution in [0.4, 0.5) is 5.69 Å². The SMILES string of the molecule is CNC1CC1Oc1ccc(-c2cc(N3CC4CCNC(=O)C4C3)c3ccc(OC)cc3n2)cc1. The topological polar surface area (TPSA) is 75.7 Å². The second-order valence-corrected chi connectivity index (χ2v) is 9.57. The molecular formula is C27H30N4O3. The maximum absolute atomic E-state index is 12.5. The molecule has 1 aromatic heterocycles. The lowest BCUT2D eigenvalue weighted by molar-refractivity contribution is -0.127. The molecule has 1 aliphatic carbocycles. The molecular weight excluding hydrogens is 428 g/mol. The van der Waals surface area contributed by atoms with E-state index in [4.69, 9.17) is 14.5 Å². The average Bonchev–Trinajstić information content (AvgIpc) is 3.47. The molecule has 3 aliphatic rings. The van der Waals surface area contributed by atoms with Crippen LogP contribution in [0.2, 0.25) is 0 Å². The predicted octanol–water partition coefficient (Wildman–Crippen LogP) is 3.22. The summed E-state index contributed by atoms with van der Waals surface area (Å²) in [6, 6.07) is 16.8. The average molecular weight is 459 g/mol. The van der Waals surface area contributed by atoms with Gasteiger partial charge < -0.3 is 25.0 Å². The monoisotopic (exact) mass is 458 g/mol. The van der Waals surface area contributed by atoms with Gasteiger partial charge in [0.1, 0.15) is 17.6 Å². The van der Waals surface area contributed by atoms with E-state index in [2.05, 4.69) is 39.8 Å². The molecule has 2 aliphatic heterocycles. The van der Waals surface area contributed by atoms with E-state index in [9.17, 15) is 4.79 Å². The molecule has 0 spiro atoms. The van der Waals surface area contributed by atoms with Crippen LogP contribution in [0.5, 0.6) is 11.5 Å². The number of nitrogens with zero attached hydrogens (tertiary/aromatic N) is 2. The van der Waals surface area contributed by atoms with Crippen LogP contribution in [0.15, 0.2) is 48.5 Å². The largest absolute Gasteiger partial charge is 0.497 e. The van der Waals surface area contributed by atoms with E-state index in [1.54, 1.807) is 7.11 Å². The number of rotatable bonds is 6. The van der Waals surface area contributed by atoms with Crippen LogP contribution in [0.3, 0.4) is 0 Å². The van der Waals surface area contributed by atoms with Crippen molar-refractivity contribution in [2.45, 2.75) is 25.0 Å². The number of piperidine rings is 1. The maximum Gasteiger partial charge on any atom is 0.225 e. The number of ether oxygens (including phenoxy) is 2. The molecule has 4 unspecified atom stereocenters. The number of fused-ring (bicyclic) bond motifs is 2. The van der Waals surface area contributed by atoms with Crippen molar-refractivity contribution in [2.75, 3.05) is 38.7 Å². The zero-order chi connectivity index (χ0) is 23.2. The van der Waals surface area contributed by atoms with Gasteiger partial charge in [-0.1, -0.05) is 0 Å². The Morgan fingerprint density at radius 1 is 1.09 bits per heavy atom. The number of aromatic nitrogens is 1. The first-order chi connectivity index (χ1) is 16.6. The van der Waals surface area contributed by atoms with Crippen molar-refractivity contribution in [3.63, 3.8) is 0 Å². The van der Waals surface area contributed by atoms with E-state index >= 15 is 0 Å². The van der Waals surface area contributed by atoms with Crippen LogP contribution in [-0.4, -0.2) is 56.8 Å². The lowest BCUT2D eigenvalue weighted by atomic mass is 9.89. The number of anilines is 1. The molecule has 0 bridgehead atoms. The summed E-state index contributed by atoms with van der Waals surface area (Å²) in [5.74, 6) is 2.30. The fraction of sp³-hybridized carbons (Fsp3) is 0.407. The van der Waals surface area contributed by atoms with E-state index < -0.39 is 0 Å². The molecule has 0 radical (unpaired) electrons. The summed E-state index contributed by atoms with van der Waals surface area (Å²) >= 11 is 0. The van der Waals surface area contributed by atoms with Crippen molar-refractivity contribution in [2.24, 2.45) is 11.8 Å². The highest BCUT2D eigenvalue weighted by Crippen LogP contribution is 2.38. The van der Waals surface area contributed by atoms with Crippen LogP contribution in [0, 0.1) is 11.8 Å². The summed E-state index contributed by atoms with van der Waals surface area (Å²) in [6.07, 6.45) is 2.34. The molecule has 3 heterocycles. The van der Waals surface area contributed by atoms with E-state index in [1.165, 1.54) is 0 Å². The minimum atomic E-state index is 0.0546. The molecule has 1 amide bonds. The first-order valence-electron chi connectivity index (χ1n) is 12.1. The van der Waals surface area contributed by atoms with Gasteiger partial charge in [0.25, 0.3) is 0 Å². The molecule has 7 nitrogen and oxygen atoms in total. The summed E-state index contributed by atoms with van der Waals surface area (Å²) < 4.78 is 11.5. The molecule has 6 rings (SSSR count). The van der Waals surface area contributed by atoms with Gasteiger partial charge in [0.2, 0.25) is 5.91 Å². The summed E-state index contributed by atoms with van der Waals surface area (Å²) in [5.41, 5.74) is 3.95. The Labute approximate surface area is 199 Å². The van der Waals surface area contributed by atoms with E-state index in [1.807, 2.05) is 31.3 Å². The molecule has 2 N–H and O–H groups in total.